The molecule has 1 aromatic carbocycles. The molecule has 0 fully saturated rings. The number of aliphatic hydroxyl groups excluding tert-OH is 1. The fraction of sp³-hybridized carbons (Fsp3) is 0.571. The number of fused-ring (bicyclic) bond motifs is 1. The van der Waals surface area contributed by atoms with E-state index in [4.69, 9.17) is 9.29 Å². The Kier molecular flexibility index (Phi) is 4.05. The maximum atomic E-state index is 10.7. The number of rotatable bonds is 4. The molecule has 1 aliphatic heterocycles. The van der Waals surface area contributed by atoms with Gasteiger partial charge in [0.05, 0.1) is 12.7 Å². The van der Waals surface area contributed by atoms with Crippen molar-refractivity contribution in [3.05, 3.63) is 28.3 Å². The normalized spacial score (nSPS) is 18.2. The summed E-state index contributed by atoms with van der Waals surface area (Å²) >= 11 is 0. The Labute approximate surface area is 125 Å². The minimum absolute atomic E-state index is 0.154. The van der Waals surface area contributed by atoms with E-state index < -0.39 is 16.4 Å². The van der Waals surface area contributed by atoms with Gasteiger partial charge in [0.2, 0.25) is 0 Å². The summed E-state index contributed by atoms with van der Waals surface area (Å²) in [5, 5.41) is 10.2. The highest BCUT2D eigenvalue weighted by molar-refractivity contribution is 7.83. The molecule has 0 amide bonds. The molecular formula is C14H21NO5S. The topological polar surface area (TPSA) is 95.9 Å². The second-order valence-electron chi connectivity index (χ2n) is 6.10. The molecule has 0 spiro atoms. The van der Waals surface area contributed by atoms with E-state index >= 15 is 0 Å². The molecule has 0 saturated carbocycles. The molecule has 0 bridgehead atoms. The zero-order chi connectivity index (χ0) is 16.0. The second-order valence-corrected chi connectivity index (χ2v) is 7.34. The van der Waals surface area contributed by atoms with Crippen molar-refractivity contribution in [2.24, 2.45) is 0 Å². The van der Waals surface area contributed by atoms with Gasteiger partial charge < -0.3 is 9.84 Å². The summed E-state index contributed by atoms with van der Waals surface area (Å²) in [7, 11) is -4.32. The molecule has 3 N–H and O–H groups in total. The fourth-order valence-corrected chi connectivity index (χ4v) is 2.95. The number of hydrogen-bond donors (Lipinski definition) is 3. The average Bonchev–Trinajstić information content (AvgIpc) is 2.66. The second kappa shape index (κ2) is 5.24. The van der Waals surface area contributed by atoms with Crippen molar-refractivity contribution in [3.8, 4) is 5.75 Å². The summed E-state index contributed by atoms with van der Waals surface area (Å²) in [5.41, 5.74) is 3.29. The van der Waals surface area contributed by atoms with Gasteiger partial charge in [-0.3, -0.25) is 4.55 Å². The van der Waals surface area contributed by atoms with Crippen molar-refractivity contribution in [1.29, 1.82) is 0 Å². The third-order valence-electron chi connectivity index (χ3n) is 4.01. The molecule has 0 aromatic heterocycles. The monoisotopic (exact) mass is 315 g/mol. The van der Waals surface area contributed by atoms with Crippen molar-refractivity contribution in [2.45, 2.75) is 39.2 Å². The van der Waals surface area contributed by atoms with Gasteiger partial charge in [-0.15, -0.1) is 0 Å². The standard InChI is InChI=1S/C14H21NO5S/c1-8-9(2)13-11(14(3,4)7-20-13)5-10(8)12(16)6-15-21(17,18)19/h5,12,15-16H,6-7H2,1-4H3,(H,17,18,19). The fourth-order valence-electron chi connectivity index (χ4n) is 2.58. The molecule has 1 atom stereocenters. The van der Waals surface area contributed by atoms with E-state index in [2.05, 4.69) is 13.8 Å². The van der Waals surface area contributed by atoms with E-state index in [0.717, 1.165) is 22.4 Å². The van der Waals surface area contributed by atoms with Gasteiger partial charge in [-0.1, -0.05) is 13.8 Å². The molecule has 1 aliphatic rings. The van der Waals surface area contributed by atoms with Gasteiger partial charge >= 0.3 is 10.3 Å². The SMILES string of the molecule is Cc1c(C(O)CNS(=O)(=O)O)cc2c(c1C)OCC2(C)C. The third kappa shape index (κ3) is 3.21. The van der Waals surface area contributed by atoms with Crippen molar-refractivity contribution in [2.75, 3.05) is 13.2 Å². The van der Waals surface area contributed by atoms with Crippen LogP contribution in [0.5, 0.6) is 5.75 Å². The lowest BCUT2D eigenvalue weighted by atomic mass is 9.83. The molecule has 0 saturated heterocycles. The Morgan fingerprint density at radius 2 is 2.00 bits per heavy atom. The first-order chi connectivity index (χ1) is 9.53. The molecule has 0 aliphatic carbocycles. The minimum atomic E-state index is -4.32. The molecule has 1 heterocycles. The van der Waals surface area contributed by atoms with Gasteiger partial charge in [0.1, 0.15) is 5.75 Å². The van der Waals surface area contributed by atoms with E-state index in [1.165, 1.54) is 0 Å². The Balaban J connectivity index is 2.39. The lowest BCUT2D eigenvalue weighted by Crippen LogP contribution is -2.28. The van der Waals surface area contributed by atoms with Crippen LogP contribution in [0.25, 0.3) is 0 Å². The summed E-state index contributed by atoms with van der Waals surface area (Å²) in [5.74, 6) is 0.844. The van der Waals surface area contributed by atoms with Crippen LogP contribution >= 0.6 is 0 Å². The highest BCUT2D eigenvalue weighted by Gasteiger charge is 2.34. The lowest BCUT2D eigenvalue weighted by Gasteiger charge is -2.21. The maximum absolute atomic E-state index is 10.7. The zero-order valence-corrected chi connectivity index (χ0v) is 13.4. The highest BCUT2D eigenvalue weighted by atomic mass is 32.2. The molecule has 1 aromatic rings. The Morgan fingerprint density at radius 1 is 1.38 bits per heavy atom. The van der Waals surface area contributed by atoms with E-state index in [1.54, 1.807) is 0 Å². The summed E-state index contributed by atoms with van der Waals surface area (Å²) in [6, 6.07) is 1.86. The predicted molar refractivity (Wildman–Crippen MR) is 78.9 cm³/mol. The Morgan fingerprint density at radius 3 is 2.57 bits per heavy atom. The first-order valence-electron chi connectivity index (χ1n) is 6.70. The highest BCUT2D eigenvalue weighted by Crippen LogP contribution is 2.43. The number of hydrogen-bond acceptors (Lipinski definition) is 4. The first kappa shape index (κ1) is 16.2. The Bertz CT molecular complexity index is 666. The van der Waals surface area contributed by atoms with Crippen molar-refractivity contribution < 1.29 is 22.8 Å². The summed E-state index contributed by atoms with van der Waals surface area (Å²) in [6.07, 6.45) is -1.03. The van der Waals surface area contributed by atoms with Crippen LogP contribution in [0, 0.1) is 13.8 Å². The van der Waals surface area contributed by atoms with E-state index in [-0.39, 0.29) is 12.0 Å². The Hall–Kier alpha value is -1.15. The average molecular weight is 315 g/mol. The molecule has 0 radical (unpaired) electrons. The summed E-state index contributed by atoms with van der Waals surface area (Å²) < 4.78 is 37.8. The number of aliphatic hydroxyl groups is 1. The quantitative estimate of drug-likeness (QED) is 0.730. The number of ether oxygens (including phenoxy) is 1. The predicted octanol–water partition coefficient (Wildman–Crippen LogP) is 1.40. The summed E-state index contributed by atoms with van der Waals surface area (Å²) in [6.45, 7) is 8.18. The van der Waals surface area contributed by atoms with Gasteiger partial charge in [-0.2, -0.15) is 13.1 Å². The van der Waals surface area contributed by atoms with E-state index in [1.807, 2.05) is 24.6 Å². The van der Waals surface area contributed by atoms with Crippen LogP contribution in [0.4, 0.5) is 0 Å². The van der Waals surface area contributed by atoms with Crippen LogP contribution < -0.4 is 9.46 Å². The lowest BCUT2D eigenvalue weighted by molar-refractivity contribution is 0.180. The molecule has 118 valence electrons. The molecule has 2 rings (SSSR count). The molecule has 6 nitrogen and oxygen atoms in total. The summed E-state index contributed by atoms with van der Waals surface area (Å²) in [4.78, 5) is 0. The minimum Gasteiger partial charge on any atom is -0.492 e. The largest absolute Gasteiger partial charge is 0.492 e. The molecule has 1 unspecified atom stereocenters. The third-order valence-corrected chi connectivity index (χ3v) is 4.54. The smallest absolute Gasteiger partial charge is 0.333 e. The van der Waals surface area contributed by atoms with Crippen LogP contribution in [0.1, 0.15) is 42.2 Å². The maximum Gasteiger partial charge on any atom is 0.333 e. The van der Waals surface area contributed by atoms with Gasteiger partial charge in [-0.25, -0.2) is 0 Å². The molecule has 7 heteroatoms. The van der Waals surface area contributed by atoms with Crippen LogP contribution in [-0.2, 0) is 15.7 Å². The first-order valence-corrected chi connectivity index (χ1v) is 8.14. The van der Waals surface area contributed by atoms with Crippen LogP contribution in [0.15, 0.2) is 6.07 Å². The van der Waals surface area contributed by atoms with Gasteiger partial charge in [0.15, 0.2) is 0 Å². The van der Waals surface area contributed by atoms with Crippen LogP contribution in [0.3, 0.4) is 0 Å². The van der Waals surface area contributed by atoms with Crippen LogP contribution in [0.2, 0.25) is 0 Å². The van der Waals surface area contributed by atoms with Crippen molar-refractivity contribution >= 4 is 10.3 Å². The van der Waals surface area contributed by atoms with E-state index in [0.29, 0.717) is 12.2 Å². The zero-order valence-electron chi connectivity index (χ0n) is 12.6. The number of benzene rings is 1. The molecular weight excluding hydrogens is 294 g/mol. The number of nitrogens with one attached hydrogen (secondary N) is 1. The van der Waals surface area contributed by atoms with Gasteiger partial charge in [0.25, 0.3) is 0 Å². The van der Waals surface area contributed by atoms with Gasteiger partial charge in [-0.05, 0) is 36.6 Å². The van der Waals surface area contributed by atoms with E-state index in [9.17, 15) is 13.5 Å². The van der Waals surface area contributed by atoms with Crippen LogP contribution in [-0.4, -0.2) is 31.2 Å². The van der Waals surface area contributed by atoms with Crippen molar-refractivity contribution in [1.82, 2.24) is 4.72 Å². The van der Waals surface area contributed by atoms with Gasteiger partial charge in [0, 0.05) is 17.5 Å². The molecule has 21 heavy (non-hydrogen) atoms. The van der Waals surface area contributed by atoms with Crippen molar-refractivity contribution in [3.63, 3.8) is 0 Å².